The first-order valence-electron chi connectivity index (χ1n) is 7.60. The van der Waals surface area contributed by atoms with Crippen molar-refractivity contribution in [1.29, 1.82) is 0 Å². The van der Waals surface area contributed by atoms with E-state index in [4.69, 9.17) is 0 Å². The van der Waals surface area contributed by atoms with Gasteiger partial charge in [0.05, 0.1) is 11.4 Å². The Balaban J connectivity index is 1.50. The number of anilines is 2. The molecule has 0 bridgehead atoms. The van der Waals surface area contributed by atoms with E-state index >= 15 is 0 Å². The molecule has 24 heavy (non-hydrogen) atoms. The summed E-state index contributed by atoms with van der Waals surface area (Å²) in [4.78, 5) is 13.2. The van der Waals surface area contributed by atoms with Crippen LogP contribution in [-0.2, 0) is 4.79 Å². The number of aromatic nitrogens is 2. The van der Waals surface area contributed by atoms with Gasteiger partial charge in [-0.1, -0.05) is 41.3 Å². The summed E-state index contributed by atoms with van der Waals surface area (Å²) in [6.45, 7) is 3.72. The maximum absolute atomic E-state index is 12.2. The Bertz CT molecular complexity index is 715. The van der Waals surface area contributed by atoms with Gasteiger partial charge in [-0.3, -0.25) is 4.79 Å². The van der Waals surface area contributed by atoms with Crippen molar-refractivity contribution in [1.82, 2.24) is 10.2 Å². The molecule has 5 nitrogen and oxygen atoms in total. The van der Waals surface area contributed by atoms with Crippen molar-refractivity contribution < 1.29 is 4.79 Å². The van der Waals surface area contributed by atoms with E-state index in [-0.39, 0.29) is 5.91 Å². The monoisotopic (exact) mass is 378 g/mol. The van der Waals surface area contributed by atoms with Crippen molar-refractivity contribution in [2.24, 2.45) is 0 Å². The fourth-order valence-electron chi connectivity index (χ4n) is 1.89. The largest absolute Gasteiger partial charge is 0.357 e. The van der Waals surface area contributed by atoms with Crippen LogP contribution in [0.4, 0.5) is 10.8 Å². The van der Waals surface area contributed by atoms with Gasteiger partial charge in [0.15, 0.2) is 4.34 Å². The number of amides is 1. The van der Waals surface area contributed by atoms with E-state index in [0.29, 0.717) is 11.8 Å². The lowest BCUT2D eigenvalue weighted by Crippen LogP contribution is -2.14. The van der Waals surface area contributed by atoms with E-state index in [1.165, 1.54) is 35.9 Å². The minimum atomic E-state index is -0.0430. The Morgan fingerprint density at radius 1 is 1.33 bits per heavy atom. The molecule has 3 rings (SSSR count). The molecule has 0 aliphatic heterocycles. The molecular weight excluding hydrogens is 360 g/mol. The second kappa shape index (κ2) is 8.55. The lowest BCUT2D eigenvalue weighted by Gasteiger charge is -2.09. The van der Waals surface area contributed by atoms with Gasteiger partial charge in [0, 0.05) is 16.7 Å². The van der Waals surface area contributed by atoms with E-state index in [9.17, 15) is 4.79 Å². The third-order valence-electron chi connectivity index (χ3n) is 3.16. The predicted octanol–water partition coefficient (Wildman–Crippen LogP) is 4.12. The van der Waals surface area contributed by atoms with Crippen molar-refractivity contribution in [3.8, 4) is 0 Å². The number of hydrogen-bond acceptors (Lipinski definition) is 7. The summed E-state index contributed by atoms with van der Waals surface area (Å²) >= 11 is 4.56. The van der Waals surface area contributed by atoms with Crippen LogP contribution in [0.3, 0.4) is 0 Å². The summed E-state index contributed by atoms with van der Waals surface area (Å²) in [5, 5.41) is 15.3. The highest BCUT2D eigenvalue weighted by molar-refractivity contribution is 8.01. The molecule has 0 spiro atoms. The molecule has 1 fully saturated rings. The van der Waals surface area contributed by atoms with E-state index in [1.54, 1.807) is 11.8 Å². The zero-order valence-corrected chi connectivity index (χ0v) is 15.5. The van der Waals surface area contributed by atoms with Gasteiger partial charge in [-0.05, 0) is 25.0 Å². The van der Waals surface area contributed by atoms with Crippen LogP contribution in [0.5, 0.6) is 0 Å². The van der Waals surface area contributed by atoms with Crippen LogP contribution in [0.25, 0.3) is 0 Å². The molecule has 1 aromatic heterocycles. The Labute approximate surface area is 153 Å². The van der Waals surface area contributed by atoms with Crippen LogP contribution in [0.2, 0.25) is 0 Å². The van der Waals surface area contributed by atoms with Crippen LogP contribution in [0.15, 0.2) is 46.2 Å². The number of para-hydroxylation sites is 1. The summed E-state index contributed by atoms with van der Waals surface area (Å²) in [5.74, 6) is 1.08. The number of carbonyl (C=O) groups is 1. The molecule has 126 valence electrons. The number of benzene rings is 1. The van der Waals surface area contributed by atoms with E-state index < -0.39 is 0 Å². The summed E-state index contributed by atoms with van der Waals surface area (Å²) in [6, 6.07) is 8.35. The fraction of sp³-hybridized carbons (Fsp3) is 0.312. The number of carbonyl (C=O) groups excluding carboxylic acids is 1. The van der Waals surface area contributed by atoms with Gasteiger partial charge in [-0.25, -0.2) is 0 Å². The summed E-state index contributed by atoms with van der Waals surface area (Å²) in [7, 11) is 0. The summed E-state index contributed by atoms with van der Waals surface area (Å²) in [6.07, 6.45) is 4.25. The molecule has 0 unspecified atom stereocenters. The first kappa shape index (κ1) is 17.3. The summed E-state index contributed by atoms with van der Waals surface area (Å²) in [5.41, 5.74) is 0.836. The number of hydrogen-bond donors (Lipinski definition) is 2. The first-order valence-corrected chi connectivity index (χ1v) is 10.4. The minimum absolute atomic E-state index is 0.0430. The zero-order chi connectivity index (χ0) is 16.8. The average molecular weight is 379 g/mol. The molecule has 1 aliphatic rings. The molecule has 8 heteroatoms. The molecule has 1 aliphatic carbocycles. The zero-order valence-electron chi connectivity index (χ0n) is 13.0. The van der Waals surface area contributed by atoms with Gasteiger partial charge in [0.2, 0.25) is 11.0 Å². The van der Waals surface area contributed by atoms with Gasteiger partial charge in [0.25, 0.3) is 0 Å². The summed E-state index contributed by atoms with van der Waals surface area (Å²) < 4.78 is 0.808. The number of rotatable bonds is 9. The highest BCUT2D eigenvalue weighted by Gasteiger charge is 2.22. The predicted molar refractivity (Wildman–Crippen MR) is 103 cm³/mol. The van der Waals surface area contributed by atoms with Crippen LogP contribution in [0, 0.1) is 0 Å². The third-order valence-corrected chi connectivity index (χ3v) is 6.21. The number of thioether (sulfide) groups is 2. The number of nitrogens with zero attached hydrogens (tertiary/aromatic N) is 2. The van der Waals surface area contributed by atoms with Crippen molar-refractivity contribution in [2.75, 3.05) is 22.1 Å². The molecule has 1 aromatic carbocycles. The highest BCUT2D eigenvalue weighted by Crippen LogP contribution is 2.31. The van der Waals surface area contributed by atoms with Crippen molar-refractivity contribution in [3.63, 3.8) is 0 Å². The van der Waals surface area contributed by atoms with Crippen molar-refractivity contribution in [2.45, 2.75) is 28.1 Å². The maximum atomic E-state index is 12.2. The molecule has 2 N–H and O–H groups in total. The smallest absolute Gasteiger partial charge is 0.234 e. The second-order valence-electron chi connectivity index (χ2n) is 5.22. The topological polar surface area (TPSA) is 66.9 Å². The molecule has 2 aromatic rings. The molecule has 1 amide bonds. The minimum Gasteiger partial charge on any atom is -0.357 e. The van der Waals surface area contributed by atoms with Gasteiger partial charge in [0.1, 0.15) is 0 Å². The number of nitrogens with one attached hydrogen (secondary N) is 2. The standard InChI is InChI=1S/C16H18N4OS3/c1-2-9-22-13-6-4-3-5-12(13)18-14(21)10-23-16-20-19-15(24-16)17-11-7-8-11/h2-6,11H,1,7-10H2,(H,17,19)(H,18,21). The van der Waals surface area contributed by atoms with Gasteiger partial charge >= 0.3 is 0 Å². The molecule has 0 saturated heterocycles. The lowest BCUT2D eigenvalue weighted by atomic mass is 10.3. The Kier molecular flexibility index (Phi) is 6.17. The first-order chi connectivity index (χ1) is 11.7. The quantitative estimate of drug-likeness (QED) is 0.505. The fourth-order valence-corrected chi connectivity index (χ4v) is 4.26. The molecule has 1 saturated carbocycles. The normalized spacial score (nSPS) is 13.5. The molecular formula is C16H18N4OS3. The Morgan fingerprint density at radius 3 is 2.96 bits per heavy atom. The van der Waals surface area contributed by atoms with Crippen molar-refractivity contribution >= 4 is 51.6 Å². The lowest BCUT2D eigenvalue weighted by molar-refractivity contribution is -0.113. The van der Waals surface area contributed by atoms with Crippen LogP contribution in [-0.4, -0.2) is 33.7 Å². The molecule has 1 heterocycles. The average Bonchev–Trinajstić information content (AvgIpc) is 3.28. The second-order valence-corrected chi connectivity index (χ2v) is 8.49. The highest BCUT2D eigenvalue weighted by atomic mass is 32.2. The van der Waals surface area contributed by atoms with Gasteiger partial charge in [-0.15, -0.1) is 28.5 Å². The van der Waals surface area contributed by atoms with Crippen molar-refractivity contribution in [3.05, 3.63) is 36.9 Å². The molecule has 0 atom stereocenters. The SMILES string of the molecule is C=CCSc1ccccc1NC(=O)CSc1nnc(NC2CC2)s1. The van der Waals surface area contributed by atoms with Gasteiger partial charge in [-0.2, -0.15) is 0 Å². The van der Waals surface area contributed by atoms with E-state index in [0.717, 1.165) is 25.8 Å². The van der Waals surface area contributed by atoms with Crippen LogP contribution >= 0.6 is 34.9 Å². The van der Waals surface area contributed by atoms with E-state index in [1.807, 2.05) is 30.3 Å². The van der Waals surface area contributed by atoms with Crippen LogP contribution in [0.1, 0.15) is 12.8 Å². The Hall–Kier alpha value is -1.51. The maximum Gasteiger partial charge on any atom is 0.234 e. The third kappa shape index (κ3) is 5.25. The van der Waals surface area contributed by atoms with Crippen LogP contribution < -0.4 is 10.6 Å². The Morgan fingerprint density at radius 2 is 2.17 bits per heavy atom. The van der Waals surface area contributed by atoms with E-state index in [2.05, 4.69) is 27.4 Å². The van der Waals surface area contributed by atoms with Gasteiger partial charge < -0.3 is 10.6 Å². The molecule has 0 radical (unpaired) electrons.